The van der Waals surface area contributed by atoms with Crippen LogP contribution in [0.5, 0.6) is 0 Å². The summed E-state index contributed by atoms with van der Waals surface area (Å²) in [4.78, 5) is 19.0. The van der Waals surface area contributed by atoms with Gasteiger partial charge < -0.3 is 0 Å². The van der Waals surface area contributed by atoms with Crippen molar-refractivity contribution in [3.63, 3.8) is 0 Å². The van der Waals surface area contributed by atoms with Crippen LogP contribution in [0.15, 0.2) is 10.9 Å². The SMILES string of the molecule is [B]c1nc2nc(C)cc(=O)n2[nH]1. The molecule has 0 aliphatic carbocycles. The minimum Gasteiger partial charge on any atom is -0.285 e. The highest BCUT2D eigenvalue weighted by atomic mass is 16.1. The number of fused-ring (bicyclic) bond motifs is 1. The second-order valence-corrected chi connectivity index (χ2v) is 2.48. The van der Waals surface area contributed by atoms with E-state index in [0.29, 0.717) is 11.5 Å². The molecule has 0 aromatic carbocycles. The summed E-state index contributed by atoms with van der Waals surface area (Å²) in [5, 5.41) is 2.56. The fraction of sp³-hybridized carbons (Fsp3) is 0.167. The van der Waals surface area contributed by atoms with Crippen LogP contribution in [0.3, 0.4) is 0 Å². The summed E-state index contributed by atoms with van der Waals surface area (Å²) in [5.41, 5.74) is 0.610. The standard InChI is InChI=1S/C6H5BN4O/c1-3-2-4(12)11-6(8-3)9-5(7)10-11/h2H,1H3,(H,8,9,10). The topological polar surface area (TPSA) is 63.1 Å². The van der Waals surface area contributed by atoms with Crippen LogP contribution < -0.4 is 11.3 Å². The Morgan fingerprint density at radius 2 is 2.33 bits per heavy atom. The van der Waals surface area contributed by atoms with E-state index in [1.54, 1.807) is 6.92 Å². The Labute approximate surface area is 68.9 Å². The van der Waals surface area contributed by atoms with E-state index < -0.39 is 0 Å². The number of nitrogens with one attached hydrogen (secondary N) is 1. The summed E-state index contributed by atoms with van der Waals surface area (Å²) in [6, 6.07) is 1.41. The Kier molecular flexibility index (Phi) is 1.30. The van der Waals surface area contributed by atoms with Gasteiger partial charge in [0, 0.05) is 11.8 Å². The number of aromatic nitrogens is 4. The van der Waals surface area contributed by atoms with Crippen molar-refractivity contribution >= 4 is 19.3 Å². The third kappa shape index (κ3) is 0.921. The maximum Gasteiger partial charge on any atom is 0.274 e. The summed E-state index contributed by atoms with van der Waals surface area (Å²) in [6.07, 6.45) is 0. The first-order valence-electron chi connectivity index (χ1n) is 3.39. The van der Waals surface area contributed by atoms with Gasteiger partial charge in [0.05, 0.1) is 5.72 Å². The number of H-pyrrole nitrogens is 1. The van der Waals surface area contributed by atoms with Crippen LogP contribution in [-0.2, 0) is 0 Å². The smallest absolute Gasteiger partial charge is 0.274 e. The molecule has 0 fully saturated rings. The Morgan fingerprint density at radius 1 is 1.58 bits per heavy atom. The van der Waals surface area contributed by atoms with Gasteiger partial charge in [-0.05, 0) is 6.92 Å². The van der Waals surface area contributed by atoms with E-state index in [9.17, 15) is 4.79 Å². The third-order valence-electron chi connectivity index (χ3n) is 1.48. The first-order chi connectivity index (χ1) is 5.66. The van der Waals surface area contributed by atoms with Crippen molar-refractivity contribution < 1.29 is 0 Å². The van der Waals surface area contributed by atoms with Crippen molar-refractivity contribution in [2.75, 3.05) is 0 Å². The van der Waals surface area contributed by atoms with Gasteiger partial charge in [-0.2, -0.15) is 4.52 Å². The van der Waals surface area contributed by atoms with Crippen molar-refractivity contribution in [3.05, 3.63) is 22.1 Å². The fourth-order valence-electron chi connectivity index (χ4n) is 1.01. The van der Waals surface area contributed by atoms with Gasteiger partial charge in [-0.15, -0.1) is 0 Å². The molecule has 0 saturated heterocycles. The molecule has 58 valence electrons. The van der Waals surface area contributed by atoms with Gasteiger partial charge in [0.1, 0.15) is 0 Å². The highest BCUT2D eigenvalue weighted by Gasteiger charge is 2.01. The summed E-state index contributed by atoms with van der Waals surface area (Å²) in [6.45, 7) is 1.73. The van der Waals surface area contributed by atoms with Crippen LogP contribution in [0.1, 0.15) is 5.69 Å². The Morgan fingerprint density at radius 3 is 3.08 bits per heavy atom. The Bertz CT molecular complexity index is 486. The number of aryl methyl sites for hydroxylation is 1. The molecule has 0 amide bonds. The van der Waals surface area contributed by atoms with Gasteiger partial charge in [-0.1, -0.05) is 0 Å². The molecule has 2 rings (SSSR count). The van der Waals surface area contributed by atoms with E-state index in [4.69, 9.17) is 7.85 Å². The normalized spacial score (nSPS) is 10.8. The number of hydrogen-bond donors (Lipinski definition) is 1. The van der Waals surface area contributed by atoms with Crippen molar-refractivity contribution in [1.82, 2.24) is 19.6 Å². The number of hydrogen-bond acceptors (Lipinski definition) is 3. The molecule has 6 heteroatoms. The highest BCUT2D eigenvalue weighted by Crippen LogP contribution is 1.88. The highest BCUT2D eigenvalue weighted by molar-refractivity contribution is 6.29. The second kappa shape index (κ2) is 2.20. The number of nitrogens with zero attached hydrogens (tertiary/aromatic N) is 3. The van der Waals surface area contributed by atoms with Crippen molar-refractivity contribution in [2.45, 2.75) is 6.92 Å². The van der Waals surface area contributed by atoms with E-state index in [-0.39, 0.29) is 11.3 Å². The van der Waals surface area contributed by atoms with Crippen LogP contribution >= 0.6 is 0 Å². The van der Waals surface area contributed by atoms with Crippen LogP contribution in [0.2, 0.25) is 0 Å². The van der Waals surface area contributed by atoms with Gasteiger partial charge in [-0.25, -0.2) is 9.97 Å². The van der Waals surface area contributed by atoms with Crippen molar-refractivity contribution in [3.8, 4) is 0 Å². The zero-order chi connectivity index (χ0) is 8.72. The monoisotopic (exact) mass is 160 g/mol. The quantitative estimate of drug-likeness (QED) is 0.478. The van der Waals surface area contributed by atoms with E-state index >= 15 is 0 Å². The second-order valence-electron chi connectivity index (χ2n) is 2.48. The van der Waals surface area contributed by atoms with Gasteiger partial charge >= 0.3 is 0 Å². The molecule has 2 radical (unpaired) electrons. The summed E-state index contributed by atoms with van der Waals surface area (Å²) < 4.78 is 1.20. The molecular weight excluding hydrogens is 155 g/mol. The van der Waals surface area contributed by atoms with E-state index in [0.717, 1.165) is 0 Å². The minimum atomic E-state index is -0.207. The average molecular weight is 160 g/mol. The summed E-state index contributed by atoms with van der Waals surface area (Å²) >= 11 is 0. The zero-order valence-electron chi connectivity index (χ0n) is 6.40. The summed E-state index contributed by atoms with van der Waals surface area (Å²) in [7, 11) is 5.34. The van der Waals surface area contributed by atoms with Crippen LogP contribution in [0.25, 0.3) is 5.78 Å². The first-order valence-corrected chi connectivity index (χ1v) is 3.39. The lowest BCUT2D eigenvalue weighted by atomic mass is 10.1. The maximum atomic E-state index is 11.2. The molecule has 0 unspecified atom stereocenters. The third-order valence-corrected chi connectivity index (χ3v) is 1.48. The maximum absolute atomic E-state index is 11.2. The van der Waals surface area contributed by atoms with E-state index in [2.05, 4.69) is 15.1 Å². The van der Waals surface area contributed by atoms with Gasteiger partial charge in [0.2, 0.25) is 0 Å². The van der Waals surface area contributed by atoms with Gasteiger partial charge in [-0.3, -0.25) is 9.89 Å². The summed E-state index contributed by atoms with van der Waals surface area (Å²) in [5.74, 6) is 0.303. The number of rotatable bonds is 0. The molecule has 0 saturated carbocycles. The Balaban J connectivity index is 2.98. The molecule has 0 aliphatic heterocycles. The molecule has 0 bridgehead atoms. The predicted molar refractivity (Wildman–Crippen MR) is 43.7 cm³/mol. The lowest BCUT2D eigenvalue weighted by Crippen LogP contribution is -2.16. The Hall–Kier alpha value is -1.59. The molecule has 5 nitrogen and oxygen atoms in total. The van der Waals surface area contributed by atoms with Crippen LogP contribution in [-0.4, -0.2) is 27.4 Å². The lowest BCUT2D eigenvalue weighted by molar-refractivity contribution is 0.897. The fourth-order valence-corrected chi connectivity index (χ4v) is 1.01. The minimum absolute atomic E-state index is 0.185. The van der Waals surface area contributed by atoms with Crippen molar-refractivity contribution in [1.29, 1.82) is 0 Å². The molecule has 2 aromatic heterocycles. The molecule has 2 heterocycles. The van der Waals surface area contributed by atoms with Crippen LogP contribution in [0, 0.1) is 6.92 Å². The molecule has 0 atom stereocenters. The number of aromatic amines is 1. The average Bonchev–Trinajstić information content (AvgIpc) is 2.29. The van der Waals surface area contributed by atoms with Gasteiger partial charge in [0.15, 0.2) is 7.85 Å². The first kappa shape index (κ1) is 7.09. The molecule has 12 heavy (non-hydrogen) atoms. The van der Waals surface area contributed by atoms with Crippen molar-refractivity contribution in [2.24, 2.45) is 0 Å². The van der Waals surface area contributed by atoms with E-state index in [1.807, 2.05) is 0 Å². The van der Waals surface area contributed by atoms with Gasteiger partial charge in [0.25, 0.3) is 11.3 Å². The molecular formula is C6H5BN4O. The predicted octanol–water partition coefficient (Wildman–Crippen LogP) is -1.48. The van der Waals surface area contributed by atoms with E-state index in [1.165, 1.54) is 10.6 Å². The lowest BCUT2D eigenvalue weighted by Gasteiger charge is -1.90. The largest absolute Gasteiger partial charge is 0.285 e. The van der Waals surface area contributed by atoms with Crippen LogP contribution in [0.4, 0.5) is 0 Å². The zero-order valence-corrected chi connectivity index (χ0v) is 6.40. The molecule has 0 spiro atoms. The molecule has 0 aliphatic rings. The molecule has 2 aromatic rings. The molecule has 1 N–H and O–H groups in total.